The molecule has 0 spiro atoms. The normalized spacial score (nSPS) is 11.9. The maximum Gasteiger partial charge on any atom is 0.164 e. The lowest BCUT2D eigenvalue weighted by atomic mass is 9.89. The van der Waals surface area contributed by atoms with Crippen LogP contribution in [0.25, 0.3) is 116 Å². The van der Waals surface area contributed by atoms with Crippen molar-refractivity contribution in [3.05, 3.63) is 182 Å². The van der Waals surface area contributed by atoms with Crippen LogP contribution in [0.2, 0.25) is 0 Å². The first-order valence-electron chi connectivity index (χ1n) is 18.9. The largest absolute Gasteiger partial charge is 0.456 e. The third-order valence-electron chi connectivity index (χ3n) is 11.2. The first kappa shape index (κ1) is 30.8. The molecule has 0 aliphatic rings. The molecular weight excluding hydrogens is 685 g/mol. The third-order valence-corrected chi connectivity index (χ3v) is 11.2. The molecule has 56 heavy (non-hydrogen) atoms. The van der Waals surface area contributed by atoms with E-state index in [1.54, 1.807) is 0 Å². The minimum Gasteiger partial charge on any atom is -0.456 e. The Morgan fingerprint density at radius 2 is 0.857 bits per heavy atom. The molecule has 0 radical (unpaired) electrons. The lowest BCUT2D eigenvalue weighted by Crippen LogP contribution is -2.00. The Morgan fingerprint density at radius 1 is 0.339 bits per heavy atom. The maximum absolute atomic E-state index is 6.71. The van der Waals surface area contributed by atoms with Gasteiger partial charge in [-0.25, -0.2) is 15.0 Å². The van der Waals surface area contributed by atoms with Crippen LogP contribution in [-0.4, -0.2) is 19.5 Å². The number of fused-ring (bicyclic) bond motifs is 6. The van der Waals surface area contributed by atoms with Crippen LogP contribution >= 0.6 is 0 Å². The van der Waals surface area contributed by atoms with E-state index in [1.165, 1.54) is 48.9 Å². The van der Waals surface area contributed by atoms with Crippen molar-refractivity contribution in [2.45, 2.75) is 0 Å². The number of para-hydroxylation sites is 1. The summed E-state index contributed by atoms with van der Waals surface area (Å²) in [5, 5.41) is 9.73. The van der Waals surface area contributed by atoms with Crippen molar-refractivity contribution in [3.8, 4) is 51.0 Å². The Morgan fingerprint density at radius 3 is 1.54 bits per heavy atom. The van der Waals surface area contributed by atoms with Crippen LogP contribution < -0.4 is 0 Å². The van der Waals surface area contributed by atoms with Crippen LogP contribution in [0.3, 0.4) is 0 Å². The smallest absolute Gasteiger partial charge is 0.164 e. The number of nitrogens with zero attached hydrogens (tertiary/aromatic N) is 4. The fourth-order valence-corrected chi connectivity index (χ4v) is 8.71. The van der Waals surface area contributed by atoms with Gasteiger partial charge in [-0.15, -0.1) is 0 Å². The minimum atomic E-state index is 0.598. The molecule has 0 fully saturated rings. The van der Waals surface area contributed by atoms with E-state index in [2.05, 4.69) is 126 Å². The molecule has 5 nitrogen and oxygen atoms in total. The van der Waals surface area contributed by atoms with E-state index in [0.29, 0.717) is 17.5 Å². The molecule has 0 amide bonds. The van der Waals surface area contributed by atoms with E-state index in [9.17, 15) is 0 Å². The fourth-order valence-electron chi connectivity index (χ4n) is 8.71. The Hall–Kier alpha value is -7.63. The number of aromatic nitrogens is 4. The number of benzene rings is 9. The molecule has 12 aromatic rings. The highest BCUT2D eigenvalue weighted by atomic mass is 16.3. The quantitative estimate of drug-likeness (QED) is 0.167. The van der Waals surface area contributed by atoms with Crippen LogP contribution in [-0.2, 0) is 0 Å². The van der Waals surface area contributed by atoms with Crippen molar-refractivity contribution in [2.75, 3.05) is 0 Å². The van der Waals surface area contributed by atoms with Crippen LogP contribution in [0.1, 0.15) is 0 Å². The Kier molecular flexibility index (Phi) is 6.56. The molecule has 0 unspecified atom stereocenters. The standard InChI is InChI=1S/C51H30N4O/c1-4-13-31(14-5-1)49-52-50(32-15-6-2-7-16-32)54-51(53-49)34-24-26-39-38-25-23-33(29-44(38)56-45(39)30-34)36-27-28-43-48-46(36)40-20-11-10-19-37(40)41-21-12-22-42(47(41)48)55(43)35-17-8-3-9-18-35/h1-30H. The maximum atomic E-state index is 6.71. The Labute approximate surface area is 321 Å². The SMILES string of the molecule is c1ccc(-c2nc(-c3ccccc3)nc(-c3ccc4c(c3)oc3cc(-c5ccc6c7c5c5ccccc5c5cccc(c57)n6-c5ccccc5)ccc34)n2)cc1. The van der Waals surface area contributed by atoms with E-state index in [1.807, 2.05) is 60.7 Å². The number of hydrogen-bond donors (Lipinski definition) is 0. The molecule has 0 aliphatic carbocycles. The molecular formula is C51H30N4O. The van der Waals surface area contributed by atoms with Crippen molar-refractivity contribution < 1.29 is 4.42 Å². The highest BCUT2D eigenvalue weighted by molar-refractivity contribution is 6.36. The van der Waals surface area contributed by atoms with Crippen LogP contribution in [0.4, 0.5) is 0 Å². The monoisotopic (exact) mass is 714 g/mol. The molecule has 0 aliphatic heterocycles. The lowest BCUT2D eigenvalue weighted by molar-refractivity contribution is 0.669. The van der Waals surface area contributed by atoms with Gasteiger partial charge in [-0.2, -0.15) is 0 Å². The van der Waals surface area contributed by atoms with Gasteiger partial charge in [0.1, 0.15) is 11.2 Å². The average Bonchev–Trinajstić information content (AvgIpc) is 3.82. The van der Waals surface area contributed by atoms with Gasteiger partial charge in [0.15, 0.2) is 17.5 Å². The van der Waals surface area contributed by atoms with Gasteiger partial charge >= 0.3 is 0 Å². The summed E-state index contributed by atoms with van der Waals surface area (Å²) in [6, 6.07) is 63.8. The van der Waals surface area contributed by atoms with E-state index >= 15 is 0 Å². The molecule has 3 heterocycles. The molecule has 0 atom stereocenters. The van der Waals surface area contributed by atoms with E-state index in [-0.39, 0.29) is 0 Å². The van der Waals surface area contributed by atoms with Gasteiger partial charge in [-0.1, -0.05) is 133 Å². The highest BCUT2D eigenvalue weighted by Crippen LogP contribution is 2.47. The first-order chi connectivity index (χ1) is 27.8. The summed E-state index contributed by atoms with van der Waals surface area (Å²) in [6.45, 7) is 0. The molecule has 9 aromatic carbocycles. The molecule has 0 saturated carbocycles. The van der Waals surface area contributed by atoms with Crippen molar-refractivity contribution in [1.29, 1.82) is 0 Å². The van der Waals surface area contributed by atoms with Crippen molar-refractivity contribution in [1.82, 2.24) is 19.5 Å². The summed E-state index contributed by atoms with van der Waals surface area (Å²) >= 11 is 0. The van der Waals surface area contributed by atoms with Crippen LogP contribution in [0.5, 0.6) is 0 Å². The second kappa shape index (κ2) is 11.9. The summed E-state index contributed by atoms with van der Waals surface area (Å²) in [5.41, 5.74) is 10.2. The van der Waals surface area contributed by atoms with Gasteiger partial charge in [0.05, 0.1) is 11.0 Å². The van der Waals surface area contributed by atoms with E-state index in [4.69, 9.17) is 19.4 Å². The first-order valence-corrected chi connectivity index (χ1v) is 18.9. The van der Waals surface area contributed by atoms with Gasteiger partial charge in [0.2, 0.25) is 0 Å². The zero-order valence-electron chi connectivity index (χ0n) is 30.0. The molecule has 0 bridgehead atoms. The zero-order valence-corrected chi connectivity index (χ0v) is 30.0. The van der Waals surface area contributed by atoms with E-state index < -0.39 is 0 Å². The summed E-state index contributed by atoms with van der Waals surface area (Å²) in [5.74, 6) is 1.86. The van der Waals surface area contributed by atoms with Crippen molar-refractivity contribution >= 4 is 65.3 Å². The second-order valence-corrected chi connectivity index (χ2v) is 14.4. The average molecular weight is 715 g/mol. The summed E-state index contributed by atoms with van der Waals surface area (Å²) in [7, 11) is 0. The number of furan rings is 1. The number of rotatable bonds is 5. The Balaban J connectivity index is 1.04. The van der Waals surface area contributed by atoms with Gasteiger partial charge in [0, 0.05) is 49.3 Å². The molecule has 12 rings (SSSR count). The van der Waals surface area contributed by atoms with Crippen LogP contribution in [0, 0.1) is 0 Å². The summed E-state index contributed by atoms with van der Waals surface area (Å²) in [4.78, 5) is 14.8. The molecule has 0 saturated heterocycles. The summed E-state index contributed by atoms with van der Waals surface area (Å²) in [6.07, 6.45) is 0. The molecule has 5 heteroatoms. The minimum absolute atomic E-state index is 0.598. The predicted octanol–water partition coefficient (Wildman–Crippen LogP) is 13.3. The van der Waals surface area contributed by atoms with Crippen molar-refractivity contribution in [2.24, 2.45) is 0 Å². The topological polar surface area (TPSA) is 56.7 Å². The second-order valence-electron chi connectivity index (χ2n) is 14.4. The van der Waals surface area contributed by atoms with Crippen molar-refractivity contribution in [3.63, 3.8) is 0 Å². The fraction of sp³-hybridized carbons (Fsp3) is 0. The molecule has 0 N–H and O–H groups in total. The number of hydrogen-bond acceptors (Lipinski definition) is 4. The van der Waals surface area contributed by atoms with E-state index in [0.717, 1.165) is 49.9 Å². The molecule has 3 aromatic heterocycles. The third kappa shape index (κ3) is 4.58. The zero-order chi connectivity index (χ0) is 36.7. The van der Waals surface area contributed by atoms with Gasteiger partial charge in [-0.3, -0.25) is 0 Å². The Bertz CT molecular complexity index is 3400. The van der Waals surface area contributed by atoms with Crippen LogP contribution in [0.15, 0.2) is 186 Å². The van der Waals surface area contributed by atoms with Gasteiger partial charge in [0.25, 0.3) is 0 Å². The lowest BCUT2D eigenvalue weighted by Gasteiger charge is -2.13. The highest BCUT2D eigenvalue weighted by Gasteiger charge is 2.22. The summed E-state index contributed by atoms with van der Waals surface area (Å²) < 4.78 is 9.11. The molecule has 260 valence electrons. The van der Waals surface area contributed by atoms with Gasteiger partial charge < -0.3 is 8.98 Å². The predicted molar refractivity (Wildman–Crippen MR) is 229 cm³/mol. The van der Waals surface area contributed by atoms with Gasteiger partial charge in [-0.05, 0) is 75.8 Å².